The topological polar surface area (TPSA) is 97.5 Å². The number of carboxylic acid groups (broad SMARTS) is 1. The summed E-state index contributed by atoms with van der Waals surface area (Å²) in [5.41, 5.74) is 0. The highest BCUT2D eigenvalue weighted by Gasteiger charge is 2.15. The monoisotopic (exact) mass is 175 g/mol. The minimum absolute atomic E-state index is 0.0276. The smallest absolute Gasteiger partial charge is 0.303 e. The summed E-state index contributed by atoms with van der Waals surface area (Å²) in [7, 11) is 0. The van der Waals surface area contributed by atoms with Crippen molar-refractivity contribution in [3.63, 3.8) is 0 Å². The molecule has 0 bridgehead atoms. The van der Waals surface area contributed by atoms with Crippen LogP contribution in [0.1, 0.15) is 12.8 Å². The lowest BCUT2D eigenvalue weighted by atomic mass is 10.1. The number of aldehydes is 1. The van der Waals surface area contributed by atoms with Gasteiger partial charge in [0, 0.05) is 11.3 Å². The van der Waals surface area contributed by atoms with E-state index in [1.54, 1.807) is 0 Å². The van der Waals surface area contributed by atoms with Crippen LogP contribution in [-0.4, -0.2) is 28.8 Å². The van der Waals surface area contributed by atoms with Crippen LogP contribution in [0.15, 0.2) is 0 Å². The molecule has 12 heavy (non-hydrogen) atoms. The Morgan fingerprint density at radius 2 is 2.25 bits per heavy atom. The molecule has 1 unspecified atom stereocenters. The van der Waals surface area contributed by atoms with Crippen LogP contribution in [0.3, 0.4) is 0 Å². The molecule has 0 fully saturated rings. The molecule has 6 nitrogen and oxygen atoms in total. The molecule has 0 aliphatic rings. The molecule has 0 saturated carbocycles. The van der Waals surface area contributed by atoms with Gasteiger partial charge in [0.25, 0.3) is 0 Å². The molecule has 1 atom stereocenters. The minimum Gasteiger partial charge on any atom is -0.481 e. The Kier molecular flexibility index (Phi) is 4.59. The van der Waals surface area contributed by atoms with Crippen molar-refractivity contribution in [2.45, 2.75) is 12.8 Å². The molecule has 0 amide bonds. The molecule has 68 valence electrons. The second kappa shape index (κ2) is 5.22. The van der Waals surface area contributed by atoms with Gasteiger partial charge in [-0.15, -0.1) is 0 Å². The number of nitro groups is 1. The van der Waals surface area contributed by atoms with Gasteiger partial charge in [-0.05, 0) is 6.42 Å². The van der Waals surface area contributed by atoms with Gasteiger partial charge in [0.15, 0.2) is 0 Å². The van der Waals surface area contributed by atoms with E-state index < -0.39 is 23.4 Å². The van der Waals surface area contributed by atoms with Crippen LogP contribution in [0.5, 0.6) is 0 Å². The van der Waals surface area contributed by atoms with Crippen LogP contribution >= 0.6 is 0 Å². The zero-order chi connectivity index (χ0) is 9.56. The van der Waals surface area contributed by atoms with Crippen LogP contribution in [0.2, 0.25) is 0 Å². The van der Waals surface area contributed by atoms with Crippen molar-refractivity contribution in [1.82, 2.24) is 0 Å². The van der Waals surface area contributed by atoms with Crippen molar-refractivity contribution in [3.8, 4) is 0 Å². The SMILES string of the molecule is O=CC(CCC(=O)O)C[N+](=O)[O-]. The molecule has 0 radical (unpaired) electrons. The first kappa shape index (κ1) is 10.5. The van der Waals surface area contributed by atoms with Gasteiger partial charge in [0.2, 0.25) is 6.54 Å². The highest BCUT2D eigenvalue weighted by Crippen LogP contribution is 2.03. The molecule has 0 aromatic carbocycles. The lowest BCUT2D eigenvalue weighted by molar-refractivity contribution is -0.485. The number of hydrogen-bond acceptors (Lipinski definition) is 4. The average molecular weight is 175 g/mol. The maximum Gasteiger partial charge on any atom is 0.303 e. The predicted octanol–water partition coefficient (Wildman–Crippen LogP) is -0.0570. The minimum atomic E-state index is -1.05. The van der Waals surface area contributed by atoms with Gasteiger partial charge in [0.1, 0.15) is 6.29 Å². The number of nitrogens with zero attached hydrogens (tertiary/aromatic N) is 1. The maximum absolute atomic E-state index is 10.2. The first-order valence-corrected chi connectivity index (χ1v) is 3.35. The molecular weight excluding hydrogens is 166 g/mol. The number of rotatable bonds is 6. The summed E-state index contributed by atoms with van der Waals surface area (Å²) in [5, 5.41) is 18.1. The fourth-order valence-electron chi connectivity index (χ4n) is 0.703. The summed E-state index contributed by atoms with van der Waals surface area (Å²) >= 11 is 0. The number of aliphatic carboxylic acids is 1. The lowest BCUT2D eigenvalue weighted by Crippen LogP contribution is -2.16. The van der Waals surface area contributed by atoms with Crippen LogP contribution in [0, 0.1) is 16.0 Å². The van der Waals surface area contributed by atoms with Crippen molar-refractivity contribution in [2.24, 2.45) is 5.92 Å². The van der Waals surface area contributed by atoms with Crippen molar-refractivity contribution in [2.75, 3.05) is 6.54 Å². The number of carbonyl (C=O) groups excluding carboxylic acids is 1. The third-order valence-electron chi connectivity index (χ3n) is 1.31. The van der Waals surface area contributed by atoms with E-state index in [-0.39, 0.29) is 12.8 Å². The van der Waals surface area contributed by atoms with Gasteiger partial charge in [-0.25, -0.2) is 0 Å². The van der Waals surface area contributed by atoms with E-state index in [0.717, 1.165) is 0 Å². The summed E-state index contributed by atoms with van der Waals surface area (Å²) in [6.45, 7) is -0.489. The molecule has 0 saturated heterocycles. The summed E-state index contributed by atoms with van der Waals surface area (Å²) in [5.74, 6) is -1.83. The summed E-state index contributed by atoms with van der Waals surface area (Å²) in [4.78, 5) is 29.5. The zero-order valence-electron chi connectivity index (χ0n) is 6.30. The van der Waals surface area contributed by atoms with E-state index in [1.807, 2.05) is 0 Å². The highest BCUT2D eigenvalue weighted by molar-refractivity contribution is 5.67. The molecule has 0 spiro atoms. The Morgan fingerprint density at radius 3 is 2.58 bits per heavy atom. The molecule has 0 rings (SSSR count). The number of carboxylic acids is 1. The molecule has 0 aliphatic heterocycles. The number of hydrogen-bond donors (Lipinski definition) is 1. The Morgan fingerprint density at radius 1 is 1.67 bits per heavy atom. The average Bonchev–Trinajstić information content (AvgIpc) is 1.97. The molecule has 0 aromatic heterocycles. The fraction of sp³-hybridized carbons (Fsp3) is 0.667. The Labute approximate surface area is 68.3 Å². The Bertz CT molecular complexity index is 190. The standard InChI is InChI=1S/C6H9NO5/c8-4-5(3-7(11)12)1-2-6(9)10/h4-5H,1-3H2,(H,9,10). The van der Waals surface area contributed by atoms with Gasteiger partial charge < -0.3 is 9.90 Å². The fourth-order valence-corrected chi connectivity index (χ4v) is 0.703. The largest absolute Gasteiger partial charge is 0.481 e. The van der Waals surface area contributed by atoms with Crippen molar-refractivity contribution in [3.05, 3.63) is 10.1 Å². The molecule has 0 aromatic rings. The molecule has 0 heterocycles. The highest BCUT2D eigenvalue weighted by atomic mass is 16.6. The molecular formula is C6H9NO5. The summed E-state index contributed by atoms with van der Waals surface area (Å²) in [6, 6.07) is 0. The second-order valence-electron chi connectivity index (χ2n) is 2.34. The van der Waals surface area contributed by atoms with Crippen LogP contribution < -0.4 is 0 Å². The molecule has 1 N–H and O–H groups in total. The van der Waals surface area contributed by atoms with Gasteiger partial charge in [0.05, 0.1) is 5.92 Å². The maximum atomic E-state index is 10.2. The zero-order valence-corrected chi connectivity index (χ0v) is 6.30. The number of carbonyl (C=O) groups is 2. The summed E-state index contributed by atoms with van der Waals surface area (Å²) < 4.78 is 0. The Balaban J connectivity index is 3.75. The van der Waals surface area contributed by atoms with Crippen molar-refractivity contribution in [1.29, 1.82) is 0 Å². The lowest BCUT2D eigenvalue weighted by Gasteiger charge is -2.01. The Hall–Kier alpha value is -1.46. The second-order valence-corrected chi connectivity index (χ2v) is 2.34. The third kappa shape index (κ3) is 5.33. The van der Waals surface area contributed by atoms with Gasteiger partial charge in [-0.3, -0.25) is 14.9 Å². The van der Waals surface area contributed by atoms with E-state index in [1.165, 1.54) is 0 Å². The summed E-state index contributed by atoms with van der Waals surface area (Å²) in [6.07, 6.45) is 0.239. The van der Waals surface area contributed by atoms with Crippen LogP contribution in [0.4, 0.5) is 0 Å². The first-order valence-electron chi connectivity index (χ1n) is 3.35. The molecule has 6 heteroatoms. The quantitative estimate of drug-likeness (QED) is 0.346. The van der Waals surface area contributed by atoms with E-state index in [9.17, 15) is 19.7 Å². The van der Waals surface area contributed by atoms with Gasteiger partial charge in [-0.2, -0.15) is 0 Å². The van der Waals surface area contributed by atoms with Crippen LogP contribution in [0.25, 0.3) is 0 Å². The normalized spacial score (nSPS) is 12.0. The van der Waals surface area contributed by atoms with E-state index in [2.05, 4.69) is 0 Å². The van der Waals surface area contributed by atoms with Gasteiger partial charge >= 0.3 is 5.97 Å². The van der Waals surface area contributed by atoms with Gasteiger partial charge in [-0.1, -0.05) is 0 Å². The third-order valence-corrected chi connectivity index (χ3v) is 1.31. The van der Waals surface area contributed by atoms with E-state index >= 15 is 0 Å². The van der Waals surface area contributed by atoms with Crippen molar-refractivity contribution < 1.29 is 19.6 Å². The molecule has 0 aliphatic carbocycles. The first-order chi connectivity index (χ1) is 5.56. The predicted molar refractivity (Wildman–Crippen MR) is 38.3 cm³/mol. The van der Waals surface area contributed by atoms with Crippen LogP contribution in [-0.2, 0) is 9.59 Å². The van der Waals surface area contributed by atoms with E-state index in [0.29, 0.717) is 6.29 Å². The van der Waals surface area contributed by atoms with Crippen molar-refractivity contribution >= 4 is 12.3 Å². The van der Waals surface area contributed by atoms with E-state index in [4.69, 9.17) is 5.11 Å².